The summed E-state index contributed by atoms with van der Waals surface area (Å²) >= 11 is 0. The maximum absolute atomic E-state index is 9.46. The van der Waals surface area contributed by atoms with Gasteiger partial charge >= 0.3 is 0 Å². The predicted octanol–water partition coefficient (Wildman–Crippen LogP) is 3.26. The van der Waals surface area contributed by atoms with E-state index < -0.39 is 5.54 Å². The summed E-state index contributed by atoms with van der Waals surface area (Å²) < 4.78 is 1.70. The van der Waals surface area contributed by atoms with Crippen LogP contribution in [-0.4, -0.2) is 25.3 Å². The Balaban J connectivity index is 1.70. The first kappa shape index (κ1) is 18.2. The van der Waals surface area contributed by atoms with E-state index in [1.807, 2.05) is 33.0 Å². The molecule has 2 aromatic heterocycles. The SMILES string of the molecule is Cc1nn(C(C)(C)C#N)cc1Cc1nc2c(c(NC3(C)CC3)n1)C(C#N)=CC2. The largest absolute Gasteiger partial charge is 0.364 e. The van der Waals surface area contributed by atoms with E-state index in [0.717, 1.165) is 41.2 Å². The molecule has 0 saturated heterocycles. The number of aryl methyl sites for hydroxylation is 1. The average molecular weight is 373 g/mol. The molecule has 7 heteroatoms. The molecule has 1 fully saturated rings. The van der Waals surface area contributed by atoms with Crippen molar-refractivity contribution in [3.05, 3.63) is 40.6 Å². The first-order valence-electron chi connectivity index (χ1n) is 9.50. The van der Waals surface area contributed by atoms with Crippen molar-refractivity contribution in [2.45, 2.75) is 64.5 Å². The first-order chi connectivity index (χ1) is 13.2. The van der Waals surface area contributed by atoms with Crippen molar-refractivity contribution in [1.29, 1.82) is 10.5 Å². The normalized spacial score (nSPS) is 16.7. The van der Waals surface area contributed by atoms with Gasteiger partial charge in [0.15, 0.2) is 0 Å². The summed E-state index contributed by atoms with van der Waals surface area (Å²) in [4.78, 5) is 9.51. The van der Waals surface area contributed by atoms with E-state index in [1.165, 1.54) is 0 Å². The Hall–Kier alpha value is -3.19. The van der Waals surface area contributed by atoms with Crippen molar-refractivity contribution >= 4 is 11.4 Å². The monoisotopic (exact) mass is 373 g/mol. The zero-order valence-electron chi connectivity index (χ0n) is 16.7. The molecule has 1 saturated carbocycles. The van der Waals surface area contributed by atoms with Crippen LogP contribution in [0.2, 0.25) is 0 Å². The summed E-state index contributed by atoms with van der Waals surface area (Å²) in [5.41, 5.74) is 3.60. The van der Waals surface area contributed by atoms with Gasteiger partial charge in [0.2, 0.25) is 0 Å². The Bertz CT molecular complexity index is 1070. The molecule has 4 rings (SSSR count). The average Bonchev–Trinajstić information content (AvgIpc) is 3.06. The summed E-state index contributed by atoms with van der Waals surface area (Å²) in [5.74, 6) is 1.46. The molecule has 0 spiro atoms. The molecule has 2 aliphatic rings. The van der Waals surface area contributed by atoms with Crippen LogP contribution in [-0.2, 0) is 18.4 Å². The molecule has 2 aliphatic carbocycles. The van der Waals surface area contributed by atoms with Crippen LogP contribution in [0.15, 0.2) is 12.3 Å². The fourth-order valence-electron chi connectivity index (χ4n) is 3.34. The van der Waals surface area contributed by atoms with Gasteiger partial charge in [0.25, 0.3) is 0 Å². The van der Waals surface area contributed by atoms with Gasteiger partial charge in [0.1, 0.15) is 17.2 Å². The van der Waals surface area contributed by atoms with Crippen molar-refractivity contribution < 1.29 is 0 Å². The summed E-state index contributed by atoms with van der Waals surface area (Å²) in [6.45, 7) is 7.78. The van der Waals surface area contributed by atoms with Gasteiger partial charge < -0.3 is 5.32 Å². The number of rotatable bonds is 5. The molecule has 0 aliphatic heterocycles. The maximum Gasteiger partial charge on any atom is 0.143 e. The van der Waals surface area contributed by atoms with Crippen LogP contribution in [0.5, 0.6) is 0 Å². The number of nitrogens with one attached hydrogen (secondary N) is 1. The van der Waals surface area contributed by atoms with Crippen molar-refractivity contribution in [3.8, 4) is 12.1 Å². The minimum atomic E-state index is -0.708. The van der Waals surface area contributed by atoms with Gasteiger partial charge in [0.05, 0.1) is 34.7 Å². The van der Waals surface area contributed by atoms with Crippen molar-refractivity contribution in [3.63, 3.8) is 0 Å². The van der Waals surface area contributed by atoms with Gasteiger partial charge in [-0.15, -0.1) is 0 Å². The second kappa shape index (κ2) is 6.17. The fraction of sp³-hybridized carbons (Fsp3) is 0.476. The van der Waals surface area contributed by atoms with Gasteiger partial charge in [-0.3, -0.25) is 4.68 Å². The number of nitrogens with zero attached hydrogens (tertiary/aromatic N) is 6. The number of nitriles is 2. The third kappa shape index (κ3) is 3.14. The smallest absolute Gasteiger partial charge is 0.143 e. The van der Waals surface area contributed by atoms with Crippen molar-refractivity contribution in [1.82, 2.24) is 19.7 Å². The highest BCUT2D eigenvalue weighted by Gasteiger charge is 2.39. The summed E-state index contributed by atoms with van der Waals surface area (Å²) in [5, 5.41) is 26.9. The summed E-state index contributed by atoms with van der Waals surface area (Å²) in [6.07, 6.45) is 7.21. The highest BCUT2D eigenvalue weighted by atomic mass is 15.3. The van der Waals surface area contributed by atoms with Crippen LogP contribution >= 0.6 is 0 Å². The standard InChI is InChI=1S/C21H23N7/c1-13-15(11-28(27-13)20(2,3)12-23)9-17-24-16-6-5-14(10-22)18(16)19(25-17)26-21(4)7-8-21/h5,11H,6-9H2,1-4H3,(H,24,25,26). The van der Waals surface area contributed by atoms with Gasteiger partial charge in [-0.05, 0) is 40.5 Å². The highest BCUT2D eigenvalue weighted by Crippen LogP contribution is 2.41. The first-order valence-corrected chi connectivity index (χ1v) is 9.50. The third-order valence-corrected chi connectivity index (χ3v) is 5.54. The van der Waals surface area contributed by atoms with Gasteiger partial charge in [-0.25, -0.2) is 9.97 Å². The van der Waals surface area contributed by atoms with E-state index in [4.69, 9.17) is 9.97 Å². The predicted molar refractivity (Wildman–Crippen MR) is 105 cm³/mol. The van der Waals surface area contributed by atoms with Crippen LogP contribution < -0.4 is 5.32 Å². The van der Waals surface area contributed by atoms with Crippen molar-refractivity contribution in [2.24, 2.45) is 0 Å². The summed E-state index contributed by atoms with van der Waals surface area (Å²) in [6, 6.07) is 4.54. The van der Waals surface area contributed by atoms with Crippen LogP contribution in [0.3, 0.4) is 0 Å². The van der Waals surface area contributed by atoms with Crippen LogP contribution in [0.1, 0.15) is 62.0 Å². The lowest BCUT2D eigenvalue weighted by Gasteiger charge is -2.17. The Morgan fingerprint density at radius 1 is 1.29 bits per heavy atom. The minimum Gasteiger partial charge on any atom is -0.364 e. The number of aromatic nitrogens is 4. The van der Waals surface area contributed by atoms with E-state index in [0.29, 0.717) is 24.2 Å². The zero-order valence-corrected chi connectivity index (χ0v) is 16.7. The Kier molecular flexibility index (Phi) is 4.01. The Morgan fingerprint density at radius 2 is 2.04 bits per heavy atom. The molecule has 0 bridgehead atoms. The lowest BCUT2D eigenvalue weighted by atomic mass is 10.1. The lowest BCUT2D eigenvalue weighted by Crippen LogP contribution is -2.24. The second-order valence-corrected chi connectivity index (χ2v) is 8.46. The van der Waals surface area contributed by atoms with Gasteiger partial charge in [-0.1, -0.05) is 6.08 Å². The third-order valence-electron chi connectivity index (χ3n) is 5.54. The Labute approximate surface area is 164 Å². The molecule has 7 nitrogen and oxygen atoms in total. The maximum atomic E-state index is 9.46. The number of allylic oxidation sites excluding steroid dienone is 2. The quantitative estimate of drug-likeness (QED) is 0.863. The van der Waals surface area contributed by atoms with E-state index in [-0.39, 0.29) is 5.54 Å². The Morgan fingerprint density at radius 3 is 2.68 bits per heavy atom. The number of anilines is 1. The molecule has 0 radical (unpaired) electrons. The number of hydrogen-bond acceptors (Lipinski definition) is 6. The topological polar surface area (TPSA) is 103 Å². The molecule has 28 heavy (non-hydrogen) atoms. The van der Waals surface area contributed by atoms with Gasteiger partial charge in [-0.2, -0.15) is 15.6 Å². The molecular formula is C21H23N7. The number of hydrogen-bond donors (Lipinski definition) is 1. The van der Waals surface area contributed by atoms with E-state index in [2.05, 4.69) is 29.5 Å². The molecule has 0 unspecified atom stereocenters. The zero-order chi connectivity index (χ0) is 20.1. The lowest BCUT2D eigenvalue weighted by molar-refractivity contribution is 0.416. The fourth-order valence-corrected chi connectivity index (χ4v) is 3.34. The van der Waals surface area contributed by atoms with E-state index in [9.17, 15) is 10.5 Å². The molecule has 2 heterocycles. The highest BCUT2D eigenvalue weighted by molar-refractivity contribution is 5.87. The molecule has 2 aromatic rings. The second-order valence-electron chi connectivity index (χ2n) is 8.46. The van der Waals surface area contributed by atoms with Gasteiger partial charge in [0, 0.05) is 30.1 Å². The molecule has 0 atom stereocenters. The molecule has 0 aromatic carbocycles. The summed E-state index contributed by atoms with van der Waals surface area (Å²) in [7, 11) is 0. The van der Waals surface area contributed by atoms with Crippen LogP contribution in [0.4, 0.5) is 5.82 Å². The van der Waals surface area contributed by atoms with E-state index >= 15 is 0 Å². The molecular weight excluding hydrogens is 350 g/mol. The minimum absolute atomic E-state index is 0.0557. The van der Waals surface area contributed by atoms with Crippen LogP contribution in [0.25, 0.3) is 5.57 Å². The number of fused-ring (bicyclic) bond motifs is 1. The van der Waals surface area contributed by atoms with Crippen LogP contribution in [0, 0.1) is 29.6 Å². The molecule has 0 amide bonds. The molecule has 1 N–H and O–H groups in total. The van der Waals surface area contributed by atoms with E-state index in [1.54, 1.807) is 4.68 Å². The molecule has 142 valence electrons. The van der Waals surface area contributed by atoms with Crippen molar-refractivity contribution in [2.75, 3.05) is 5.32 Å².